The fraction of sp³-hybridized carbons (Fsp3) is 1.00. The number of unbranched alkanes of at least 4 members (excludes halogenated alkanes) is 1. The van der Waals surface area contributed by atoms with Gasteiger partial charge in [0.05, 0.1) is 0 Å². The first-order chi connectivity index (χ1) is 10.5. The summed E-state index contributed by atoms with van der Waals surface area (Å²) in [5.41, 5.74) is 0. The quantitative estimate of drug-likeness (QED) is 0.195. The molecule has 0 heterocycles. The van der Waals surface area contributed by atoms with Crippen LogP contribution < -0.4 is 0 Å². The van der Waals surface area contributed by atoms with E-state index in [2.05, 4.69) is 0 Å². The molecule has 0 amide bonds. The van der Waals surface area contributed by atoms with Crippen LogP contribution in [-0.4, -0.2) is 45.5 Å². The van der Waals surface area contributed by atoms with Gasteiger partial charge in [-0.25, -0.2) is 0 Å². The first kappa shape index (κ1) is 23.9. The van der Waals surface area contributed by atoms with Crippen molar-refractivity contribution < 1.29 is 53.4 Å². The van der Waals surface area contributed by atoms with Crippen molar-refractivity contribution in [2.45, 2.75) is 59.5 Å². The molecule has 1 nitrogen and oxygen atoms in total. The highest BCUT2D eigenvalue weighted by Crippen LogP contribution is 2.58. The van der Waals surface area contributed by atoms with Gasteiger partial charge in [0.2, 0.25) is 0 Å². The van der Waals surface area contributed by atoms with Crippen molar-refractivity contribution in [1.29, 1.82) is 0 Å². The molecule has 0 aromatic rings. The van der Waals surface area contributed by atoms with Gasteiger partial charge in [-0.05, 0) is 12.8 Å². The number of aliphatic hydroxyl groups is 1. The molecule has 13 heteroatoms. The monoisotopic (exact) mass is 496 g/mol. The summed E-state index contributed by atoms with van der Waals surface area (Å²) in [6, 6.07) is 0. The largest absolute Gasteiger partial charge is 0.460 e. The topological polar surface area (TPSA) is 20.2 Å². The van der Waals surface area contributed by atoms with Gasteiger partial charge in [0, 0.05) is 17.0 Å². The summed E-state index contributed by atoms with van der Waals surface area (Å²) in [5, 5.41) is 8.45. The Balaban J connectivity index is 5.45. The second-order valence-electron chi connectivity index (χ2n) is 4.95. The third-order valence-electron chi connectivity index (χ3n) is 3.01. The first-order valence-electron chi connectivity index (χ1n) is 6.28. The van der Waals surface area contributed by atoms with Gasteiger partial charge in [-0.1, -0.05) is 29.0 Å². The zero-order valence-electron chi connectivity index (χ0n) is 11.6. The van der Waals surface area contributed by atoms with Gasteiger partial charge in [-0.2, -0.15) is 48.3 Å². The van der Waals surface area contributed by atoms with E-state index in [4.69, 9.17) is 5.11 Å². The zero-order valence-corrected chi connectivity index (χ0v) is 13.8. The Kier molecular flexibility index (Phi) is 7.63. The van der Waals surface area contributed by atoms with E-state index in [0.29, 0.717) is 0 Å². The highest BCUT2D eigenvalue weighted by molar-refractivity contribution is 14.1. The minimum Gasteiger partial charge on any atom is -0.396 e. The Bertz CT molecular complexity index is 407. The van der Waals surface area contributed by atoms with Crippen molar-refractivity contribution in [1.82, 2.24) is 0 Å². The van der Waals surface area contributed by atoms with Gasteiger partial charge in [0.1, 0.15) is 0 Å². The standard InChI is InChI=1S/C11H12F11IO/c12-7(13,5-6(23)3-1-2-4-24)8(14,15)9(16,17)10(18,19)11(20,21)22/h6,24H,1-5H2. The summed E-state index contributed by atoms with van der Waals surface area (Å²) >= 11 is 1.16. The van der Waals surface area contributed by atoms with Gasteiger partial charge in [-0.15, -0.1) is 0 Å². The van der Waals surface area contributed by atoms with Crippen molar-refractivity contribution in [2.75, 3.05) is 6.61 Å². The van der Waals surface area contributed by atoms with Gasteiger partial charge < -0.3 is 5.11 Å². The number of hydrogen-bond acceptors (Lipinski definition) is 1. The molecule has 0 bridgehead atoms. The number of aliphatic hydroxyl groups excluding tert-OH is 1. The van der Waals surface area contributed by atoms with E-state index in [1.54, 1.807) is 0 Å². The molecule has 146 valence electrons. The Labute approximate surface area is 142 Å². The van der Waals surface area contributed by atoms with E-state index < -0.39 is 40.2 Å². The highest BCUT2D eigenvalue weighted by Gasteiger charge is 2.86. The van der Waals surface area contributed by atoms with E-state index in [-0.39, 0.29) is 25.9 Å². The van der Waals surface area contributed by atoms with Crippen LogP contribution in [0, 0.1) is 0 Å². The van der Waals surface area contributed by atoms with Gasteiger partial charge in [0.25, 0.3) is 0 Å². The van der Waals surface area contributed by atoms with Crippen molar-refractivity contribution >= 4 is 22.6 Å². The predicted octanol–water partition coefficient (Wildman–Crippen LogP) is 5.45. The van der Waals surface area contributed by atoms with Crippen molar-refractivity contribution in [3.05, 3.63) is 0 Å². The normalized spacial score (nSPS) is 16.4. The second kappa shape index (κ2) is 7.66. The van der Waals surface area contributed by atoms with Crippen LogP contribution in [0.25, 0.3) is 0 Å². The van der Waals surface area contributed by atoms with E-state index in [1.165, 1.54) is 0 Å². The lowest BCUT2D eigenvalue weighted by Crippen LogP contribution is -2.66. The van der Waals surface area contributed by atoms with Gasteiger partial charge in [-0.3, -0.25) is 0 Å². The van der Waals surface area contributed by atoms with Crippen molar-refractivity contribution in [3.63, 3.8) is 0 Å². The minimum absolute atomic E-state index is 0.0425. The lowest BCUT2D eigenvalue weighted by molar-refractivity contribution is -0.422. The van der Waals surface area contributed by atoms with E-state index >= 15 is 0 Å². The van der Waals surface area contributed by atoms with Crippen LogP contribution in [0.1, 0.15) is 25.7 Å². The lowest BCUT2D eigenvalue weighted by Gasteiger charge is -2.37. The van der Waals surface area contributed by atoms with E-state index in [0.717, 1.165) is 22.6 Å². The molecule has 0 radical (unpaired) electrons. The molecule has 1 atom stereocenters. The SMILES string of the molecule is OCCCCC(I)CC(F)(F)C(F)(F)C(F)(F)C(F)(F)C(F)(F)F. The molecule has 0 aliphatic carbocycles. The van der Waals surface area contributed by atoms with Crippen LogP contribution in [-0.2, 0) is 0 Å². The number of halogens is 12. The average molecular weight is 496 g/mol. The maximum absolute atomic E-state index is 13.4. The Hall–Kier alpha value is -0.0800. The smallest absolute Gasteiger partial charge is 0.396 e. The minimum atomic E-state index is -7.34. The number of hydrogen-bond donors (Lipinski definition) is 1. The van der Waals surface area contributed by atoms with Crippen LogP contribution in [0.3, 0.4) is 0 Å². The predicted molar refractivity (Wildman–Crippen MR) is 69.2 cm³/mol. The highest BCUT2D eigenvalue weighted by atomic mass is 127. The Morgan fingerprint density at radius 2 is 1.17 bits per heavy atom. The number of rotatable bonds is 9. The average Bonchev–Trinajstić information content (AvgIpc) is 2.36. The molecule has 0 saturated carbocycles. The molecule has 0 rings (SSSR count). The van der Waals surface area contributed by atoms with Crippen LogP contribution in [0.5, 0.6) is 0 Å². The Morgan fingerprint density at radius 3 is 1.54 bits per heavy atom. The molecule has 1 unspecified atom stereocenters. The summed E-state index contributed by atoms with van der Waals surface area (Å²) < 4.78 is 139. The first-order valence-corrected chi connectivity index (χ1v) is 7.53. The molecule has 0 fully saturated rings. The van der Waals surface area contributed by atoms with E-state index in [1.807, 2.05) is 0 Å². The molecular formula is C11H12F11IO. The zero-order chi connectivity index (χ0) is 19.6. The fourth-order valence-electron chi connectivity index (χ4n) is 1.59. The maximum atomic E-state index is 13.4. The lowest BCUT2D eigenvalue weighted by atomic mass is 9.94. The molecule has 0 aromatic heterocycles. The molecular weight excluding hydrogens is 484 g/mol. The molecule has 1 N–H and O–H groups in total. The molecule has 0 aliphatic rings. The molecule has 0 aliphatic heterocycles. The second-order valence-corrected chi connectivity index (χ2v) is 6.71. The van der Waals surface area contributed by atoms with Crippen molar-refractivity contribution in [2.24, 2.45) is 0 Å². The molecule has 0 spiro atoms. The Morgan fingerprint density at radius 1 is 0.708 bits per heavy atom. The third-order valence-corrected chi connectivity index (χ3v) is 4.07. The van der Waals surface area contributed by atoms with Crippen LogP contribution in [0.15, 0.2) is 0 Å². The molecule has 0 aromatic carbocycles. The van der Waals surface area contributed by atoms with Gasteiger partial charge in [0.15, 0.2) is 0 Å². The van der Waals surface area contributed by atoms with E-state index in [9.17, 15) is 48.3 Å². The maximum Gasteiger partial charge on any atom is 0.460 e. The molecule has 24 heavy (non-hydrogen) atoms. The molecule has 0 saturated heterocycles. The summed E-state index contributed by atoms with van der Waals surface area (Å²) in [6.45, 7) is -0.355. The summed E-state index contributed by atoms with van der Waals surface area (Å²) in [6.07, 6.45) is -9.30. The summed E-state index contributed by atoms with van der Waals surface area (Å²) in [4.78, 5) is 0. The summed E-state index contributed by atoms with van der Waals surface area (Å²) in [7, 11) is 0. The van der Waals surface area contributed by atoms with Crippen LogP contribution in [0.2, 0.25) is 0 Å². The van der Waals surface area contributed by atoms with Gasteiger partial charge >= 0.3 is 29.9 Å². The van der Waals surface area contributed by atoms with Crippen LogP contribution >= 0.6 is 22.6 Å². The number of alkyl halides is 12. The third kappa shape index (κ3) is 4.55. The summed E-state index contributed by atoms with van der Waals surface area (Å²) in [5.74, 6) is -27.4. The fourth-order valence-corrected chi connectivity index (χ4v) is 2.58. The van der Waals surface area contributed by atoms with Crippen LogP contribution in [0.4, 0.5) is 48.3 Å². The van der Waals surface area contributed by atoms with Crippen molar-refractivity contribution in [3.8, 4) is 0 Å².